The molecule has 0 spiro atoms. The first-order valence-electron chi connectivity index (χ1n) is 6.53. The standard InChI is InChI=1S/C12H18N4O3S/c1-3-10(2)15-7-12(14-9-15)20(17,18)16-4-5-19-8-11(16)6-13/h7,9-11H,3-5,8H2,1-2H3/t10-,11-/m0/s1. The summed E-state index contributed by atoms with van der Waals surface area (Å²) in [5.41, 5.74) is 0. The predicted octanol–water partition coefficient (Wildman–Crippen LogP) is 0.767. The van der Waals surface area contributed by atoms with Gasteiger partial charge in [0.1, 0.15) is 6.04 Å². The van der Waals surface area contributed by atoms with Crippen LogP contribution in [0, 0.1) is 11.3 Å². The van der Waals surface area contributed by atoms with Crippen LogP contribution in [-0.2, 0) is 14.8 Å². The van der Waals surface area contributed by atoms with E-state index in [1.54, 1.807) is 4.57 Å². The highest BCUT2D eigenvalue weighted by Crippen LogP contribution is 2.20. The Balaban J connectivity index is 2.30. The molecule has 20 heavy (non-hydrogen) atoms. The summed E-state index contributed by atoms with van der Waals surface area (Å²) in [6.45, 7) is 4.58. The van der Waals surface area contributed by atoms with Crippen LogP contribution in [0.2, 0.25) is 0 Å². The predicted molar refractivity (Wildman–Crippen MR) is 71.3 cm³/mol. The average Bonchev–Trinajstić information content (AvgIpc) is 2.97. The largest absolute Gasteiger partial charge is 0.377 e. The SMILES string of the molecule is CC[C@H](C)n1cnc(S(=O)(=O)N2CCOC[C@@H]2C#N)c1. The van der Waals surface area contributed by atoms with Crippen LogP contribution in [0.15, 0.2) is 17.6 Å². The van der Waals surface area contributed by atoms with Crippen molar-refractivity contribution in [2.24, 2.45) is 0 Å². The van der Waals surface area contributed by atoms with Crippen molar-refractivity contribution in [2.45, 2.75) is 37.4 Å². The van der Waals surface area contributed by atoms with Gasteiger partial charge in [-0.05, 0) is 13.3 Å². The van der Waals surface area contributed by atoms with Crippen molar-refractivity contribution in [3.05, 3.63) is 12.5 Å². The number of nitrogens with zero attached hydrogens (tertiary/aromatic N) is 4. The Morgan fingerprint density at radius 2 is 2.40 bits per heavy atom. The molecule has 1 aliphatic heterocycles. The molecule has 2 heterocycles. The zero-order valence-corrected chi connectivity index (χ0v) is 12.4. The molecule has 0 radical (unpaired) electrons. The first-order chi connectivity index (χ1) is 9.50. The van der Waals surface area contributed by atoms with Gasteiger partial charge in [-0.2, -0.15) is 9.57 Å². The van der Waals surface area contributed by atoms with Crippen LogP contribution in [0.1, 0.15) is 26.3 Å². The molecule has 1 aromatic heterocycles. The summed E-state index contributed by atoms with van der Waals surface area (Å²) >= 11 is 0. The Morgan fingerprint density at radius 3 is 3.05 bits per heavy atom. The second kappa shape index (κ2) is 5.91. The maximum atomic E-state index is 12.5. The summed E-state index contributed by atoms with van der Waals surface area (Å²) in [4.78, 5) is 3.98. The molecule has 1 aliphatic rings. The minimum atomic E-state index is -3.75. The summed E-state index contributed by atoms with van der Waals surface area (Å²) < 4.78 is 33.1. The van der Waals surface area contributed by atoms with Gasteiger partial charge < -0.3 is 9.30 Å². The monoisotopic (exact) mass is 298 g/mol. The van der Waals surface area contributed by atoms with Gasteiger partial charge in [0, 0.05) is 18.8 Å². The third kappa shape index (κ3) is 2.70. The number of hydrogen-bond acceptors (Lipinski definition) is 5. The van der Waals surface area contributed by atoms with Crippen molar-refractivity contribution < 1.29 is 13.2 Å². The van der Waals surface area contributed by atoms with Crippen LogP contribution in [0.4, 0.5) is 0 Å². The smallest absolute Gasteiger partial charge is 0.263 e. The molecule has 1 fully saturated rings. The van der Waals surface area contributed by atoms with Crippen molar-refractivity contribution in [1.29, 1.82) is 5.26 Å². The van der Waals surface area contributed by atoms with Gasteiger partial charge in [-0.1, -0.05) is 6.92 Å². The molecule has 2 atom stereocenters. The van der Waals surface area contributed by atoms with Crippen LogP contribution in [0.5, 0.6) is 0 Å². The van der Waals surface area contributed by atoms with Crippen molar-refractivity contribution >= 4 is 10.0 Å². The van der Waals surface area contributed by atoms with E-state index in [-0.39, 0.29) is 24.2 Å². The quantitative estimate of drug-likeness (QED) is 0.819. The molecule has 1 saturated heterocycles. The summed E-state index contributed by atoms with van der Waals surface area (Å²) in [7, 11) is -3.75. The maximum Gasteiger partial charge on any atom is 0.263 e. The van der Waals surface area contributed by atoms with Crippen LogP contribution < -0.4 is 0 Å². The summed E-state index contributed by atoms with van der Waals surface area (Å²) in [5, 5.41) is 9.03. The lowest BCUT2D eigenvalue weighted by Crippen LogP contribution is -2.47. The van der Waals surface area contributed by atoms with Crippen LogP contribution in [0.3, 0.4) is 0 Å². The first kappa shape index (κ1) is 15.0. The number of hydrogen-bond donors (Lipinski definition) is 0. The molecule has 0 amide bonds. The molecule has 0 aromatic carbocycles. The normalized spacial score (nSPS) is 22.4. The van der Waals surface area contributed by atoms with Crippen LogP contribution >= 0.6 is 0 Å². The fraction of sp³-hybridized carbons (Fsp3) is 0.667. The topological polar surface area (TPSA) is 88.2 Å². The molecule has 110 valence electrons. The van der Waals surface area contributed by atoms with Gasteiger partial charge in [0.2, 0.25) is 0 Å². The number of sulfonamides is 1. The highest BCUT2D eigenvalue weighted by molar-refractivity contribution is 7.89. The number of imidazole rings is 1. The summed E-state index contributed by atoms with van der Waals surface area (Å²) in [6.07, 6.45) is 3.92. The molecule has 1 aromatic rings. The molecule has 7 nitrogen and oxygen atoms in total. The lowest BCUT2D eigenvalue weighted by Gasteiger charge is -2.29. The Hall–Kier alpha value is -1.43. The van der Waals surface area contributed by atoms with Crippen molar-refractivity contribution in [2.75, 3.05) is 19.8 Å². The van der Waals surface area contributed by atoms with E-state index < -0.39 is 16.1 Å². The number of morpholine rings is 1. The third-order valence-corrected chi connectivity index (χ3v) is 5.27. The van der Waals surface area contributed by atoms with Gasteiger partial charge >= 0.3 is 0 Å². The van der Waals surface area contributed by atoms with Crippen LogP contribution in [-0.4, -0.2) is 48.1 Å². The molecular weight excluding hydrogens is 280 g/mol. The van der Waals surface area contributed by atoms with E-state index in [4.69, 9.17) is 10.00 Å². The van der Waals surface area contributed by atoms with E-state index in [2.05, 4.69) is 4.98 Å². The molecule has 0 saturated carbocycles. The zero-order valence-electron chi connectivity index (χ0n) is 11.6. The minimum absolute atomic E-state index is 0.0139. The van der Waals surface area contributed by atoms with Crippen LogP contribution in [0.25, 0.3) is 0 Å². The summed E-state index contributed by atoms with van der Waals surface area (Å²) in [5.74, 6) is 0. The molecule has 2 rings (SSSR count). The van der Waals surface area contributed by atoms with Crippen molar-refractivity contribution in [3.8, 4) is 6.07 Å². The van der Waals surface area contributed by atoms with Gasteiger partial charge in [-0.15, -0.1) is 0 Å². The highest BCUT2D eigenvalue weighted by Gasteiger charge is 2.35. The zero-order chi connectivity index (χ0) is 14.8. The highest BCUT2D eigenvalue weighted by atomic mass is 32.2. The number of rotatable bonds is 4. The van der Waals surface area contributed by atoms with Gasteiger partial charge in [0.15, 0.2) is 5.03 Å². The average molecular weight is 298 g/mol. The molecule has 0 aliphatic carbocycles. The van der Waals surface area contributed by atoms with Gasteiger partial charge in [0.05, 0.1) is 25.6 Å². The minimum Gasteiger partial charge on any atom is -0.377 e. The summed E-state index contributed by atoms with van der Waals surface area (Å²) in [6, 6.07) is 1.35. The fourth-order valence-electron chi connectivity index (χ4n) is 2.00. The van der Waals surface area contributed by atoms with Gasteiger partial charge in [-0.3, -0.25) is 0 Å². The number of aromatic nitrogens is 2. The first-order valence-corrected chi connectivity index (χ1v) is 7.97. The Morgan fingerprint density at radius 1 is 1.65 bits per heavy atom. The van der Waals surface area contributed by atoms with E-state index in [1.807, 2.05) is 19.9 Å². The maximum absolute atomic E-state index is 12.5. The van der Waals surface area contributed by atoms with Crippen molar-refractivity contribution in [3.63, 3.8) is 0 Å². The van der Waals surface area contributed by atoms with E-state index >= 15 is 0 Å². The molecule has 8 heteroatoms. The fourth-order valence-corrected chi connectivity index (χ4v) is 3.43. The van der Waals surface area contributed by atoms with Gasteiger partial charge in [0.25, 0.3) is 10.0 Å². The Bertz CT molecular complexity index is 604. The number of nitriles is 1. The Kier molecular flexibility index (Phi) is 4.42. The second-order valence-electron chi connectivity index (χ2n) is 4.75. The molecule has 0 bridgehead atoms. The molecule has 0 N–H and O–H groups in total. The molecular formula is C12H18N4O3S. The van der Waals surface area contributed by atoms with E-state index in [9.17, 15) is 8.42 Å². The third-order valence-electron chi connectivity index (χ3n) is 3.48. The lowest BCUT2D eigenvalue weighted by molar-refractivity contribution is 0.0510. The Labute approximate surface area is 118 Å². The van der Waals surface area contributed by atoms with Gasteiger partial charge in [-0.25, -0.2) is 13.4 Å². The second-order valence-corrected chi connectivity index (χ2v) is 6.59. The molecule has 0 unspecified atom stereocenters. The van der Waals surface area contributed by atoms with E-state index in [1.165, 1.54) is 16.8 Å². The lowest BCUT2D eigenvalue weighted by atomic mass is 10.3. The van der Waals surface area contributed by atoms with E-state index in [0.29, 0.717) is 6.61 Å². The number of ether oxygens (including phenoxy) is 1. The van der Waals surface area contributed by atoms with Crippen molar-refractivity contribution in [1.82, 2.24) is 13.9 Å². The van der Waals surface area contributed by atoms with E-state index in [0.717, 1.165) is 6.42 Å².